The number of aldehydes is 1. The molecule has 1 saturated heterocycles. The van der Waals surface area contributed by atoms with Crippen LogP contribution in [0.15, 0.2) is 30.6 Å². The van der Waals surface area contributed by atoms with Gasteiger partial charge >= 0.3 is 6.09 Å². The highest BCUT2D eigenvalue weighted by Gasteiger charge is 2.29. The van der Waals surface area contributed by atoms with Gasteiger partial charge in [-0.25, -0.2) is 4.79 Å². The van der Waals surface area contributed by atoms with Crippen LogP contribution in [0.5, 0.6) is 0 Å². The molecule has 29 heavy (non-hydrogen) atoms. The standard InChI is InChI=1S/C23H29N3O3/c1-15-8-16(2)10-17(9-15)20-12-24-11-18(14-27)21(20)26-7-6-19(13-26)25-22(28)29-23(3,4)5/h8-12,14,19H,6-7,13H2,1-5H3,(H,25,28)/t19-/m0/s1. The lowest BCUT2D eigenvalue weighted by molar-refractivity contribution is 0.0509. The molecule has 154 valence electrons. The number of nitrogens with one attached hydrogen (secondary N) is 1. The predicted octanol–water partition coefficient (Wildman–Crippen LogP) is 4.28. The van der Waals surface area contributed by atoms with Crippen LogP contribution in [0.3, 0.4) is 0 Å². The van der Waals surface area contributed by atoms with Gasteiger partial charge in [0, 0.05) is 31.0 Å². The van der Waals surface area contributed by atoms with Crippen LogP contribution < -0.4 is 10.2 Å². The summed E-state index contributed by atoms with van der Waals surface area (Å²) in [6.07, 6.45) is 4.63. The van der Waals surface area contributed by atoms with Crippen molar-refractivity contribution in [3.05, 3.63) is 47.3 Å². The van der Waals surface area contributed by atoms with Crippen LogP contribution >= 0.6 is 0 Å². The van der Waals surface area contributed by atoms with Gasteiger partial charge < -0.3 is 15.0 Å². The number of ether oxygens (including phenoxy) is 1. The molecule has 1 atom stereocenters. The van der Waals surface area contributed by atoms with Crippen molar-refractivity contribution >= 4 is 18.1 Å². The number of pyridine rings is 1. The first-order valence-electron chi connectivity index (χ1n) is 9.92. The Balaban J connectivity index is 1.87. The Kier molecular flexibility index (Phi) is 5.91. The molecule has 1 amide bonds. The van der Waals surface area contributed by atoms with E-state index in [-0.39, 0.29) is 6.04 Å². The van der Waals surface area contributed by atoms with Gasteiger partial charge in [-0.1, -0.05) is 29.3 Å². The second-order valence-corrected chi connectivity index (χ2v) is 8.70. The van der Waals surface area contributed by atoms with Crippen molar-refractivity contribution in [3.8, 4) is 11.1 Å². The predicted molar refractivity (Wildman–Crippen MR) is 115 cm³/mol. The van der Waals surface area contributed by atoms with E-state index in [1.54, 1.807) is 6.20 Å². The van der Waals surface area contributed by atoms with E-state index in [1.165, 1.54) is 0 Å². The lowest BCUT2D eigenvalue weighted by Crippen LogP contribution is -2.40. The number of anilines is 1. The molecule has 1 aromatic carbocycles. The molecule has 2 heterocycles. The first-order valence-corrected chi connectivity index (χ1v) is 9.92. The first-order chi connectivity index (χ1) is 13.7. The Morgan fingerprint density at radius 3 is 2.52 bits per heavy atom. The van der Waals surface area contributed by atoms with Gasteiger partial charge in [0.05, 0.1) is 17.3 Å². The Hall–Kier alpha value is -2.89. The fourth-order valence-corrected chi connectivity index (χ4v) is 3.81. The average molecular weight is 396 g/mol. The zero-order chi connectivity index (χ0) is 21.2. The molecule has 0 radical (unpaired) electrons. The van der Waals surface area contributed by atoms with Gasteiger partial charge in [0.2, 0.25) is 0 Å². The number of carbonyl (C=O) groups excluding carboxylic acids is 2. The van der Waals surface area contributed by atoms with E-state index in [0.717, 1.165) is 47.2 Å². The lowest BCUT2D eigenvalue weighted by atomic mass is 9.98. The maximum Gasteiger partial charge on any atom is 0.407 e. The first kappa shape index (κ1) is 20.8. The number of rotatable bonds is 4. The molecule has 6 heteroatoms. The number of carbonyl (C=O) groups is 2. The van der Waals surface area contributed by atoms with Crippen molar-refractivity contribution in [2.24, 2.45) is 0 Å². The second kappa shape index (κ2) is 8.23. The summed E-state index contributed by atoms with van der Waals surface area (Å²) in [5.74, 6) is 0. The number of nitrogens with zero attached hydrogens (tertiary/aromatic N) is 2. The summed E-state index contributed by atoms with van der Waals surface area (Å²) < 4.78 is 5.37. The monoisotopic (exact) mass is 395 g/mol. The van der Waals surface area contributed by atoms with Crippen LogP contribution in [0.25, 0.3) is 11.1 Å². The maximum absolute atomic E-state index is 12.1. The Labute approximate surface area is 172 Å². The van der Waals surface area contributed by atoms with Crippen LogP contribution in [0.2, 0.25) is 0 Å². The smallest absolute Gasteiger partial charge is 0.407 e. The third kappa shape index (κ3) is 5.13. The molecule has 3 rings (SSSR count). The number of hydrogen-bond acceptors (Lipinski definition) is 5. The van der Waals surface area contributed by atoms with E-state index in [2.05, 4.69) is 47.2 Å². The largest absolute Gasteiger partial charge is 0.444 e. The second-order valence-electron chi connectivity index (χ2n) is 8.70. The van der Waals surface area contributed by atoms with E-state index >= 15 is 0 Å². The summed E-state index contributed by atoms with van der Waals surface area (Å²) in [6, 6.07) is 6.30. The molecule has 0 saturated carbocycles. The third-order valence-corrected chi connectivity index (χ3v) is 4.83. The van der Waals surface area contributed by atoms with Crippen molar-refractivity contribution < 1.29 is 14.3 Å². The number of aromatic nitrogens is 1. The number of alkyl carbamates (subject to hydrolysis) is 1. The van der Waals surface area contributed by atoms with E-state index in [1.807, 2.05) is 27.0 Å². The molecule has 0 unspecified atom stereocenters. The van der Waals surface area contributed by atoms with Crippen molar-refractivity contribution in [3.63, 3.8) is 0 Å². The van der Waals surface area contributed by atoms with Crippen LogP contribution in [-0.2, 0) is 4.74 Å². The third-order valence-electron chi connectivity index (χ3n) is 4.83. The van der Waals surface area contributed by atoms with E-state index < -0.39 is 11.7 Å². The SMILES string of the molecule is Cc1cc(C)cc(-c2cncc(C=O)c2N2CC[C@H](NC(=O)OC(C)(C)C)C2)c1. The summed E-state index contributed by atoms with van der Waals surface area (Å²) in [5.41, 5.74) is 5.18. The molecular formula is C23H29N3O3. The Morgan fingerprint density at radius 1 is 1.21 bits per heavy atom. The molecular weight excluding hydrogens is 366 g/mol. The van der Waals surface area contributed by atoms with Gasteiger partial charge in [-0.05, 0) is 46.6 Å². The molecule has 6 nitrogen and oxygen atoms in total. The topological polar surface area (TPSA) is 71.5 Å². The molecule has 2 aromatic rings. The van der Waals surface area contributed by atoms with Crippen LogP contribution in [0, 0.1) is 13.8 Å². The quantitative estimate of drug-likeness (QED) is 0.783. The number of amides is 1. The zero-order valence-corrected chi connectivity index (χ0v) is 17.8. The van der Waals surface area contributed by atoms with Crippen molar-refractivity contribution in [2.45, 2.75) is 52.7 Å². The van der Waals surface area contributed by atoms with Crippen molar-refractivity contribution in [1.29, 1.82) is 0 Å². The minimum absolute atomic E-state index is 0.0374. The molecule has 1 aromatic heterocycles. The molecule has 0 spiro atoms. The fourth-order valence-electron chi connectivity index (χ4n) is 3.81. The molecule has 1 N–H and O–H groups in total. The molecule has 1 aliphatic heterocycles. The molecule has 0 bridgehead atoms. The highest BCUT2D eigenvalue weighted by atomic mass is 16.6. The van der Waals surface area contributed by atoms with Gasteiger partial charge in [0.25, 0.3) is 0 Å². The molecule has 1 fully saturated rings. The number of aryl methyl sites for hydroxylation is 2. The Bertz CT molecular complexity index is 898. The van der Waals surface area contributed by atoms with E-state index in [9.17, 15) is 9.59 Å². The van der Waals surface area contributed by atoms with Gasteiger partial charge in [0.15, 0.2) is 6.29 Å². The number of hydrogen-bond donors (Lipinski definition) is 1. The van der Waals surface area contributed by atoms with Crippen molar-refractivity contribution in [2.75, 3.05) is 18.0 Å². The van der Waals surface area contributed by atoms with E-state index in [4.69, 9.17) is 4.74 Å². The highest BCUT2D eigenvalue weighted by molar-refractivity contribution is 5.92. The molecule has 1 aliphatic rings. The maximum atomic E-state index is 12.1. The van der Waals surface area contributed by atoms with Gasteiger partial charge in [0.1, 0.15) is 5.60 Å². The van der Waals surface area contributed by atoms with Gasteiger partial charge in [-0.15, -0.1) is 0 Å². The zero-order valence-electron chi connectivity index (χ0n) is 17.8. The summed E-state index contributed by atoms with van der Waals surface area (Å²) in [6.45, 7) is 11.0. The highest BCUT2D eigenvalue weighted by Crippen LogP contribution is 2.35. The minimum Gasteiger partial charge on any atom is -0.444 e. The summed E-state index contributed by atoms with van der Waals surface area (Å²) in [5, 5.41) is 2.94. The van der Waals surface area contributed by atoms with Gasteiger partial charge in [-0.2, -0.15) is 0 Å². The van der Waals surface area contributed by atoms with Crippen LogP contribution in [0.1, 0.15) is 48.7 Å². The minimum atomic E-state index is -0.533. The Morgan fingerprint density at radius 2 is 1.90 bits per heavy atom. The van der Waals surface area contributed by atoms with Crippen LogP contribution in [0.4, 0.5) is 10.5 Å². The summed E-state index contributed by atoms with van der Waals surface area (Å²) >= 11 is 0. The average Bonchev–Trinajstić information content (AvgIpc) is 3.06. The van der Waals surface area contributed by atoms with Crippen LogP contribution in [-0.4, -0.2) is 42.1 Å². The lowest BCUT2D eigenvalue weighted by Gasteiger charge is -2.25. The summed E-state index contributed by atoms with van der Waals surface area (Å²) in [4.78, 5) is 30.3. The van der Waals surface area contributed by atoms with Gasteiger partial charge in [-0.3, -0.25) is 9.78 Å². The summed E-state index contributed by atoms with van der Waals surface area (Å²) in [7, 11) is 0. The van der Waals surface area contributed by atoms with Crippen molar-refractivity contribution in [1.82, 2.24) is 10.3 Å². The molecule has 0 aliphatic carbocycles. The van der Waals surface area contributed by atoms with E-state index in [0.29, 0.717) is 12.1 Å². The normalized spacial score (nSPS) is 16.6. The number of benzene rings is 1. The fraction of sp³-hybridized carbons (Fsp3) is 0.435.